The Labute approximate surface area is 721 Å². The maximum absolute atomic E-state index is 12.4. The molecule has 8 rings (SSSR count). The van der Waals surface area contributed by atoms with E-state index in [4.69, 9.17) is 115 Å². The summed E-state index contributed by atoms with van der Waals surface area (Å²) < 4.78 is 166. The van der Waals surface area contributed by atoms with E-state index < -0.39 is 226 Å². The molecule has 0 bridgehead atoms. The van der Waals surface area contributed by atoms with Crippen molar-refractivity contribution >= 4 is 97.9 Å². The maximum atomic E-state index is 12.4. The highest BCUT2D eigenvalue weighted by molar-refractivity contribution is 7.71. The molecule has 706 valence electrons. The van der Waals surface area contributed by atoms with Crippen molar-refractivity contribution in [1.82, 2.24) is 54.2 Å². The van der Waals surface area contributed by atoms with Crippen LogP contribution < -0.4 is 43.9 Å². The van der Waals surface area contributed by atoms with Gasteiger partial charge in [-0.15, -0.1) is 0 Å². The fourth-order valence-corrected chi connectivity index (χ4v) is 16.0. The molecule has 3 amide bonds. The molecular weight excluding hydrogens is 1840 g/mol. The van der Waals surface area contributed by atoms with Gasteiger partial charge < -0.3 is 115 Å². The van der Waals surface area contributed by atoms with Crippen molar-refractivity contribution in [2.75, 3.05) is 94.0 Å². The number of halogens is 3. The van der Waals surface area contributed by atoms with Crippen molar-refractivity contribution < 1.29 is 176 Å². The number of hydrogen-bond donors (Lipinski definition) is 20. The number of alkyl halides is 3. The number of hydrogen-bond acceptors (Lipinski definition) is 39. The number of rotatable bonds is 39. The molecule has 0 spiro atoms. The van der Waals surface area contributed by atoms with Crippen molar-refractivity contribution in [1.29, 1.82) is 0 Å². The van der Waals surface area contributed by atoms with Crippen molar-refractivity contribution in [3.63, 3.8) is 0 Å². The Morgan fingerprint density at radius 3 is 0.887 bits per heavy atom. The molecular formula is C63H101F3N12O38P4S4. The highest BCUT2D eigenvalue weighted by Gasteiger charge is 2.58. The quantitative estimate of drug-likeness (QED) is 0.0175. The van der Waals surface area contributed by atoms with Crippen LogP contribution in [0.5, 0.6) is 0 Å². The molecule has 8 heterocycles. The number of nitrogens with two attached hydrogens (primary N) is 1. The van der Waals surface area contributed by atoms with Crippen molar-refractivity contribution in [3.8, 4) is 0 Å². The topological polar surface area (TPSA) is 714 Å². The van der Waals surface area contributed by atoms with Gasteiger partial charge in [-0.05, 0) is 83.0 Å². The largest absolute Gasteiger partial charge is 0.472 e. The molecule has 0 saturated carbocycles. The molecule has 0 aliphatic carbocycles. The van der Waals surface area contributed by atoms with E-state index in [1.54, 1.807) is 5.32 Å². The molecule has 4 fully saturated rings. The first kappa shape index (κ1) is 109. The molecule has 4 saturated heterocycles. The third kappa shape index (κ3) is 31.9. The summed E-state index contributed by atoms with van der Waals surface area (Å²) in [5, 5.41) is 90.8. The normalized spacial score (nSPS) is 29.0. The van der Waals surface area contributed by atoms with Crippen LogP contribution in [0.3, 0.4) is 0 Å². The Kier molecular flexibility index (Phi) is 41.1. The lowest BCUT2D eigenvalue weighted by molar-refractivity contribution is -0.175. The summed E-state index contributed by atoms with van der Waals surface area (Å²) in [5.41, 5.74) is -3.64. The highest BCUT2D eigenvalue weighted by Crippen LogP contribution is 2.50. The standard InChI is InChI=1S/C16H23F3N3O10PS.2C16H26N3O10PS.C15H26N3O8PS/c1-15(26)11(24)9(32-13(15)22-4-3-10(23)21-14(22)34)7-31-33(27,28)30-6-8(5-29-2)20-12(25)16(17,18)19;2*1-9(20)17-10(6-26-3)7-27-30(24,25)28-8-11-13(22)16(2,23)14(29-11)19-5-4-12(21)18-15(19)31;1-3-4-9(16)7-24-27(22,23)25-8-10-12(20)15(2,21)13(26-10)18-6-5-11(19)17-14(18)28/h3-4,8-9,11,13,24,26H,5-7H2,1-2H3,(H,20,25)(H,27,28)(H,21,23,34);2*4-5,10-11,13-14,22-23H,6-8H2,1-3H3,(H,17,20)(H,24,25)(H,18,21,31);5-6,9-10,12-13,20-21H,3-4,7-8,16H2,1-2H3,(H,22,23)(H,17,19,28)/t8-,9-,11+,13-,15?;2*10-,11-,13+,14-,16?;9-,10-,12+,13-,15?/m1111/s1. The summed E-state index contributed by atoms with van der Waals surface area (Å²) in [4.78, 5) is 128. The van der Waals surface area contributed by atoms with Crippen LogP contribution in [0.2, 0.25) is 0 Å². The van der Waals surface area contributed by atoms with E-state index in [1.807, 2.05) is 6.92 Å². The van der Waals surface area contributed by atoms with Gasteiger partial charge in [-0.2, -0.15) is 13.2 Å². The number of aliphatic hydroxyl groups excluding tert-OH is 4. The summed E-state index contributed by atoms with van der Waals surface area (Å²) in [5.74, 6) is -3.06. The summed E-state index contributed by atoms with van der Waals surface area (Å²) >= 11 is 20.1. The zero-order chi connectivity index (χ0) is 93.8. The Morgan fingerprint density at radius 1 is 0.460 bits per heavy atom. The van der Waals surface area contributed by atoms with Crippen molar-refractivity contribution in [2.24, 2.45) is 5.73 Å². The predicted molar refractivity (Wildman–Crippen MR) is 424 cm³/mol. The molecule has 4 aromatic heterocycles. The van der Waals surface area contributed by atoms with Crippen molar-refractivity contribution in [3.05, 3.63) is 110 Å². The number of phosphoric ester groups is 4. The van der Waals surface area contributed by atoms with Gasteiger partial charge in [-0.1, -0.05) is 13.3 Å². The van der Waals surface area contributed by atoms with Gasteiger partial charge in [0.1, 0.15) is 71.2 Å². The monoisotopic (exact) mass is 1940 g/mol. The molecule has 8 unspecified atom stereocenters. The molecule has 61 heteroatoms. The second-order valence-corrected chi connectivity index (χ2v) is 35.8. The fourth-order valence-electron chi connectivity index (χ4n) is 11.8. The van der Waals surface area contributed by atoms with E-state index >= 15 is 0 Å². The number of nitrogens with zero attached hydrogens (tertiary/aromatic N) is 4. The number of aliphatic hydroxyl groups is 8. The van der Waals surface area contributed by atoms with Gasteiger partial charge in [0, 0.05) is 90.3 Å². The van der Waals surface area contributed by atoms with E-state index in [-0.39, 0.29) is 63.9 Å². The first-order valence-electron chi connectivity index (χ1n) is 36.4. The lowest BCUT2D eigenvalue weighted by atomic mass is 9.96. The fraction of sp³-hybridized carbons (Fsp3) is 0.698. The van der Waals surface area contributed by atoms with Gasteiger partial charge in [0.2, 0.25) is 11.8 Å². The zero-order valence-electron chi connectivity index (χ0n) is 67.5. The average Bonchev–Trinajstić information content (AvgIpc) is 1.63. The van der Waals surface area contributed by atoms with Crippen LogP contribution in [0, 0.1) is 19.1 Å². The third-order valence-corrected chi connectivity index (χ3v) is 23.0. The van der Waals surface area contributed by atoms with Gasteiger partial charge in [-0.3, -0.25) is 108 Å². The van der Waals surface area contributed by atoms with Gasteiger partial charge in [-0.25, -0.2) is 18.3 Å². The van der Waals surface area contributed by atoms with Crippen LogP contribution in [0.25, 0.3) is 0 Å². The number of carbonyl (C=O) groups excluding carboxylic acids is 3. The van der Waals surface area contributed by atoms with E-state index in [2.05, 4.69) is 39.8 Å². The number of aromatic nitrogens is 8. The maximum Gasteiger partial charge on any atom is 0.472 e. The lowest BCUT2D eigenvalue weighted by Gasteiger charge is -2.28. The second-order valence-electron chi connectivity index (χ2n) is 28.5. The number of methoxy groups -OCH3 is 3. The summed E-state index contributed by atoms with van der Waals surface area (Å²) in [6, 6.07) is 1.37. The minimum absolute atomic E-state index is 0.0207. The van der Waals surface area contributed by atoms with Crippen LogP contribution in [-0.2, 0) is 102 Å². The van der Waals surface area contributed by atoms with Gasteiger partial charge >= 0.3 is 43.4 Å². The number of nitrogens with one attached hydrogen (secondary N) is 7. The van der Waals surface area contributed by atoms with E-state index in [1.165, 1.54) is 100 Å². The molecule has 24 atom stereocenters. The second kappa shape index (κ2) is 46.8. The van der Waals surface area contributed by atoms with E-state index in [0.717, 1.165) is 36.3 Å². The molecule has 4 aliphatic rings. The van der Waals surface area contributed by atoms with E-state index in [0.29, 0.717) is 6.42 Å². The third-order valence-electron chi connectivity index (χ3n) is 18.0. The van der Waals surface area contributed by atoms with Crippen LogP contribution in [0.1, 0.15) is 86.2 Å². The Morgan fingerprint density at radius 2 is 0.685 bits per heavy atom. The van der Waals surface area contributed by atoms with Gasteiger partial charge in [0.15, 0.2) is 44.0 Å². The summed E-state index contributed by atoms with van der Waals surface area (Å²) in [7, 11) is -14.6. The summed E-state index contributed by atoms with van der Waals surface area (Å²) in [6.45, 7) is 4.82. The number of ether oxygens (including phenoxy) is 7. The smallest absolute Gasteiger partial charge is 0.387 e. The Balaban J connectivity index is 0.000000294. The van der Waals surface area contributed by atoms with E-state index in [9.17, 15) is 125 Å². The van der Waals surface area contributed by atoms with Crippen LogP contribution in [0.15, 0.2) is 68.2 Å². The molecule has 0 radical (unpaired) electrons. The molecule has 0 aromatic carbocycles. The number of amides is 3. The Bertz CT molecular complexity index is 4780. The lowest BCUT2D eigenvalue weighted by Crippen LogP contribution is -2.47. The average molecular weight is 1940 g/mol. The number of phosphoric acid groups is 4. The minimum atomic E-state index is -5.19. The first-order chi connectivity index (χ1) is 57.3. The first-order valence-corrected chi connectivity index (χ1v) is 44.0. The van der Waals surface area contributed by atoms with Crippen LogP contribution in [-0.4, -0.2) is 312 Å². The van der Waals surface area contributed by atoms with Crippen LogP contribution in [0.4, 0.5) is 13.2 Å². The molecule has 4 aliphatic heterocycles. The molecule has 124 heavy (non-hydrogen) atoms. The number of H-pyrrole nitrogens is 4. The summed E-state index contributed by atoms with van der Waals surface area (Å²) in [6.07, 6.45) is -14.7. The molecule has 4 aromatic rings. The predicted octanol–water partition coefficient (Wildman–Crippen LogP) is -1.68. The van der Waals surface area contributed by atoms with Crippen LogP contribution >= 0.6 is 80.2 Å². The zero-order valence-corrected chi connectivity index (χ0v) is 74.3. The highest BCUT2D eigenvalue weighted by atomic mass is 32.1. The molecule has 21 N–H and O–H groups in total. The SMILES string of the molecule is CCC[C@@H](N)COP(=O)(O)OC[C@H]1O[C@@H](n2ccc(=O)[nH]c2=S)C(C)(O)[C@H]1O.COC[C@H](COP(=O)(O)OC[C@H]1O[C@@H](n2ccc(=O)[nH]c2=S)C(C)(O)[C@H]1O)NC(=O)C(F)(F)F.COC[C@H](COP(=O)(O)OC[C@H]1O[C@@H](n2ccc(=O)[nH]c2=S)C(C)(O)[C@H]1O)NC(C)=O.COC[C@H](COP(=O)(O)OC[C@H]1O[C@@H](n2ccc(=O)[nH]c2=S)C(C)(O)[C@H]1O)NC(C)=O. The van der Waals surface area contributed by atoms with Crippen molar-refractivity contribution in [2.45, 2.75) is 188 Å². The van der Waals surface area contributed by atoms with Gasteiger partial charge in [0.05, 0.1) is 90.8 Å². The number of carbonyl (C=O) groups is 3. The molecule has 50 nitrogen and oxygen atoms in total. The Hall–Kier alpha value is -5.60. The van der Waals surface area contributed by atoms with Gasteiger partial charge in [0.25, 0.3) is 22.2 Å². The number of aromatic amines is 4. The minimum Gasteiger partial charge on any atom is -0.387 e.